The van der Waals surface area contributed by atoms with Crippen molar-refractivity contribution in [2.45, 2.75) is 44.6 Å². The smallest absolute Gasteiger partial charge is 0.257 e. The highest BCUT2D eigenvalue weighted by Gasteiger charge is 2.31. The molecule has 0 radical (unpaired) electrons. The number of carbonyl (C=O) groups is 2. The number of hydrogen-bond acceptors (Lipinski definition) is 5. The van der Waals surface area contributed by atoms with Crippen molar-refractivity contribution in [2.24, 2.45) is 0 Å². The number of halogens is 1. The molecule has 1 aromatic heterocycles. The topological polar surface area (TPSA) is 65.5 Å². The molecule has 2 aliphatic heterocycles. The highest BCUT2D eigenvalue weighted by Crippen LogP contribution is 2.33. The van der Waals surface area contributed by atoms with Crippen LogP contribution in [0.3, 0.4) is 0 Å². The van der Waals surface area contributed by atoms with Crippen molar-refractivity contribution in [1.82, 2.24) is 14.8 Å². The van der Waals surface area contributed by atoms with Crippen LogP contribution in [-0.4, -0.2) is 52.8 Å². The molecule has 3 heterocycles. The van der Waals surface area contributed by atoms with Crippen molar-refractivity contribution >= 4 is 44.2 Å². The van der Waals surface area contributed by atoms with E-state index in [0.29, 0.717) is 17.2 Å². The van der Waals surface area contributed by atoms with Crippen LogP contribution in [-0.2, 0) is 4.79 Å². The van der Waals surface area contributed by atoms with Crippen LogP contribution in [0.4, 0.5) is 5.13 Å². The average Bonchev–Trinajstić information content (AvgIpc) is 3.29. The first kappa shape index (κ1) is 21.5. The lowest BCUT2D eigenvalue weighted by atomic mass is 10.1. The number of thiazole rings is 1. The summed E-state index contributed by atoms with van der Waals surface area (Å²) >= 11 is 4.82. The third-order valence-corrected chi connectivity index (χ3v) is 7.16. The van der Waals surface area contributed by atoms with Gasteiger partial charge in [0, 0.05) is 28.5 Å². The Morgan fingerprint density at radius 3 is 2.53 bits per heavy atom. The minimum absolute atomic E-state index is 0.149. The van der Waals surface area contributed by atoms with E-state index in [1.54, 1.807) is 12.1 Å². The molecule has 4 rings (SSSR count). The maximum absolute atomic E-state index is 12.8. The minimum atomic E-state index is -0.164. The average molecular weight is 491 g/mol. The van der Waals surface area contributed by atoms with Crippen LogP contribution in [0.15, 0.2) is 34.1 Å². The fourth-order valence-corrected chi connectivity index (χ4v) is 5.23. The molecule has 0 saturated carbocycles. The molecule has 0 spiro atoms. The number of carbonyl (C=O) groups excluding carboxylic acids is 2. The molecule has 30 heavy (non-hydrogen) atoms. The monoisotopic (exact) mass is 490 g/mol. The Morgan fingerprint density at radius 1 is 1.07 bits per heavy atom. The van der Waals surface area contributed by atoms with Crippen molar-refractivity contribution in [3.63, 3.8) is 0 Å². The first-order valence-corrected chi connectivity index (χ1v) is 12.3. The first-order valence-electron chi connectivity index (χ1n) is 10.6. The Labute approximate surface area is 189 Å². The molecule has 2 fully saturated rings. The summed E-state index contributed by atoms with van der Waals surface area (Å²) in [7, 11) is 0. The molecular weight excluding hydrogens is 464 g/mol. The SMILES string of the molecule is O=C(Nc1nc([C@H]2CCCN2CC(=O)N2CCCCCC2)cs1)c1ccc(Br)cc1. The number of hydrogen-bond donors (Lipinski definition) is 1. The summed E-state index contributed by atoms with van der Waals surface area (Å²) in [5, 5.41) is 5.51. The van der Waals surface area contributed by atoms with Crippen molar-refractivity contribution in [3.8, 4) is 0 Å². The largest absolute Gasteiger partial charge is 0.342 e. The van der Waals surface area contributed by atoms with E-state index in [9.17, 15) is 9.59 Å². The summed E-state index contributed by atoms with van der Waals surface area (Å²) in [6.07, 6.45) is 6.74. The van der Waals surface area contributed by atoms with E-state index in [-0.39, 0.29) is 17.9 Å². The maximum atomic E-state index is 12.8. The van der Waals surface area contributed by atoms with Gasteiger partial charge in [0.05, 0.1) is 18.3 Å². The molecule has 0 bridgehead atoms. The second-order valence-corrected chi connectivity index (χ2v) is 9.74. The lowest BCUT2D eigenvalue weighted by Gasteiger charge is -2.27. The Hall–Kier alpha value is -1.77. The summed E-state index contributed by atoms with van der Waals surface area (Å²) in [4.78, 5) is 34.2. The zero-order valence-corrected chi connectivity index (χ0v) is 19.4. The number of amides is 2. The highest BCUT2D eigenvalue weighted by atomic mass is 79.9. The fraction of sp³-hybridized carbons (Fsp3) is 0.500. The van der Waals surface area contributed by atoms with Gasteiger partial charge in [-0.15, -0.1) is 11.3 Å². The minimum Gasteiger partial charge on any atom is -0.342 e. The van der Waals surface area contributed by atoms with Gasteiger partial charge in [-0.25, -0.2) is 4.98 Å². The molecule has 160 valence electrons. The second kappa shape index (κ2) is 10.0. The number of nitrogens with one attached hydrogen (secondary N) is 1. The molecular formula is C22H27BrN4O2S. The molecule has 1 aromatic carbocycles. The van der Waals surface area contributed by atoms with E-state index in [2.05, 4.69) is 31.1 Å². The predicted molar refractivity (Wildman–Crippen MR) is 123 cm³/mol. The zero-order chi connectivity index (χ0) is 20.9. The summed E-state index contributed by atoms with van der Waals surface area (Å²) in [5.41, 5.74) is 1.55. The van der Waals surface area contributed by atoms with Gasteiger partial charge in [-0.1, -0.05) is 28.8 Å². The molecule has 6 nitrogen and oxygen atoms in total. The van der Waals surface area contributed by atoms with E-state index in [1.807, 2.05) is 22.4 Å². The summed E-state index contributed by atoms with van der Waals surface area (Å²) in [6, 6.07) is 7.40. The van der Waals surface area contributed by atoms with Gasteiger partial charge in [-0.2, -0.15) is 0 Å². The van der Waals surface area contributed by atoms with Crippen LogP contribution in [0.5, 0.6) is 0 Å². The number of aromatic nitrogens is 1. The number of rotatable bonds is 5. The van der Waals surface area contributed by atoms with Gasteiger partial charge < -0.3 is 4.90 Å². The Morgan fingerprint density at radius 2 is 1.80 bits per heavy atom. The zero-order valence-electron chi connectivity index (χ0n) is 17.0. The Bertz CT molecular complexity index is 878. The molecule has 0 unspecified atom stereocenters. The Kier molecular flexibility index (Phi) is 7.17. The molecule has 1 N–H and O–H groups in total. The van der Waals surface area contributed by atoms with Crippen molar-refractivity contribution in [1.29, 1.82) is 0 Å². The van der Waals surface area contributed by atoms with Crippen LogP contribution >= 0.6 is 27.3 Å². The van der Waals surface area contributed by atoms with Gasteiger partial charge in [0.25, 0.3) is 5.91 Å². The normalized spacial score (nSPS) is 20.2. The molecule has 2 aromatic rings. The third-order valence-electron chi connectivity index (χ3n) is 5.85. The summed E-state index contributed by atoms with van der Waals surface area (Å²) in [5.74, 6) is 0.0748. The molecule has 1 atom stereocenters. The van der Waals surface area contributed by atoms with Gasteiger partial charge >= 0.3 is 0 Å². The van der Waals surface area contributed by atoms with Gasteiger partial charge in [-0.3, -0.25) is 19.8 Å². The number of anilines is 1. The molecule has 2 aliphatic rings. The highest BCUT2D eigenvalue weighted by molar-refractivity contribution is 9.10. The van der Waals surface area contributed by atoms with Crippen LogP contribution in [0.1, 0.15) is 60.6 Å². The first-order chi connectivity index (χ1) is 14.6. The van der Waals surface area contributed by atoms with Crippen LogP contribution in [0.25, 0.3) is 0 Å². The van der Waals surface area contributed by atoms with Crippen LogP contribution in [0, 0.1) is 0 Å². The summed E-state index contributed by atoms with van der Waals surface area (Å²) < 4.78 is 0.937. The van der Waals surface area contributed by atoms with Gasteiger partial charge in [0.15, 0.2) is 5.13 Å². The van der Waals surface area contributed by atoms with E-state index < -0.39 is 0 Å². The van der Waals surface area contributed by atoms with Gasteiger partial charge in [0.1, 0.15) is 0 Å². The van der Waals surface area contributed by atoms with Crippen molar-refractivity contribution in [3.05, 3.63) is 45.4 Å². The van der Waals surface area contributed by atoms with E-state index >= 15 is 0 Å². The third kappa shape index (κ3) is 5.28. The van der Waals surface area contributed by atoms with Crippen LogP contribution in [0.2, 0.25) is 0 Å². The van der Waals surface area contributed by atoms with Crippen molar-refractivity contribution < 1.29 is 9.59 Å². The number of likely N-dealkylation sites (tertiary alicyclic amines) is 2. The molecule has 2 saturated heterocycles. The molecule has 8 heteroatoms. The van der Waals surface area contributed by atoms with E-state index in [0.717, 1.165) is 55.5 Å². The lowest BCUT2D eigenvalue weighted by Crippen LogP contribution is -2.40. The molecule has 0 aliphatic carbocycles. The Balaban J connectivity index is 1.37. The van der Waals surface area contributed by atoms with Gasteiger partial charge in [0.2, 0.25) is 5.91 Å². The van der Waals surface area contributed by atoms with Crippen molar-refractivity contribution in [2.75, 3.05) is 31.5 Å². The quantitative estimate of drug-likeness (QED) is 0.659. The lowest BCUT2D eigenvalue weighted by molar-refractivity contribution is -0.132. The fourth-order valence-electron chi connectivity index (χ4n) is 4.21. The number of nitrogens with zero attached hydrogens (tertiary/aromatic N) is 3. The summed E-state index contributed by atoms with van der Waals surface area (Å²) in [6.45, 7) is 3.16. The van der Waals surface area contributed by atoms with Gasteiger partial charge in [-0.05, 0) is 56.5 Å². The van der Waals surface area contributed by atoms with Crippen LogP contribution < -0.4 is 5.32 Å². The maximum Gasteiger partial charge on any atom is 0.257 e. The number of benzene rings is 1. The predicted octanol–water partition coefficient (Wildman–Crippen LogP) is 4.70. The van der Waals surface area contributed by atoms with E-state index in [4.69, 9.17) is 0 Å². The standard InChI is InChI=1S/C22H27BrN4O2S/c23-17-9-7-16(8-10-17)21(29)25-22-24-18(15-30-22)19-6-5-13-27(19)14-20(28)26-11-3-1-2-4-12-26/h7-10,15,19H,1-6,11-14H2,(H,24,25,29)/t19-/m1/s1. The second-order valence-electron chi connectivity index (χ2n) is 7.96. The molecule has 2 amide bonds. The van der Waals surface area contributed by atoms with E-state index in [1.165, 1.54) is 24.2 Å².